The zero-order chi connectivity index (χ0) is 41.9. The lowest BCUT2D eigenvalue weighted by atomic mass is 9.96. The molecule has 0 spiro atoms. The standard InChI is InChI=1S/C22H21N3O4.C14H18O2.C9H5ClN2O2/c1-2-29-22(26)19-12-16(15-8-4-3-5-9-15)14-24(19)21-18-11-7-6-10-17(18)20(13-23-21)25(27)28;1-2-16-14(15)13-9-8-12(10-13)11-6-4-3-5-7-11;10-9-7-4-2-1-3-6(7)8(5-11-9)12(13)14/h3-11,13,16,19H,2,12,14H2,1H3;3-7,12-13H,2,8-10H2,1H3;1-5H/t16-,19+;12-,13-;/m10./s1. The van der Waals surface area contributed by atoms with Crippen LogP contribution in [0.4, 0.5) is 17.2 Å². The average Bonchev–Trinajstić information content (AvgIpc) is 3.94. The largest absolute Gasteiger partial charge is 0.466 e. The first-order valence-electron chi connectivity index (χ1n) is 19.5. The number of halogens is 1. The van der Waals surface area contributed by atoms with E-state index in [0.29, 0.717) is 59.5 Å². The summed E-state index contributed by atoms with van der Waals surface area (Å²) in [6.07, 6.45) is 6.07. The molecular weight excluding hydrogens is 774 g/mol. The summed E-state index contributed by atoms with van der Waals surface area (Å²) in [7, 11) is 0. The molecule has 8 rings (SSSR count). The van der Waals surface area contributed by atoms with Gasteiger partial charge in [-0.25, -0.2) is 14.8 Å². The molecule has 13 nitrogen and oxygen atoms in total. The highest BCUT2D eigenvalue weighted by molar-refractivity contribution is 6.34. The highest BCUT2D eigenvalue weighted by Crippen LogP contribution is 2.40. The Hall–Kier alpha value is -6.47. The molecule has 1 saturated carbocycles. The summed E-state index contributed by atoms with van der Waals surface area (Å²) >= 11 is 5.80. The van der Waals surface area contributed by atoms with Crippen molar-refractivity contribution in [2.24, 2.45) is 5.92 Å². The van der Waals surface area contributed by atoms with Crippen molar-refractivity contribution >= 4 is 62.3 Å². The first kappa shape index (κ1) is 42.1. The minimum absolute atomic E-state index is 0.0130. The van der Waals surface area contributed by atoms with Crippen LogP contribution in [-0.4, -0.2) is 57.6 Å². The van der Waals surface area contributed by atoms with E-state index in [2.05, 4.69) is 46.4 Å². The van der Waals surface area contributed by atoms with Gasteiger partial charge in [-0.15, -0.1) is 0 Å². The fourth-order valence-electron chi connectivity index (χ4n) is 7.81. The molecule has 304 valence electrons. The van der Waals surface area contributed by atoms with Gasteiger partial charge in [0.1, 0.15) is 29.4 Å². The molecule has 0 amide bonds. The molecule has 1 aliphatic carbocycles. The Bertz CT molecular complexity index is 2420. The zero-order valence-corrected chi connectivity index (χ0v) is 33.4. The number of carbonyl (C=O) groups excluding carboxylic acids is 2. The molecule has 0 unspecified atom stereocenters. The number of fused-ring (bicyclic) bond motifs is 2. The molecule has 1 aliphatic heterocycles. The van der Waals surface area contributed by atoms with Crippen LogP contribution >= 0.6 is 11.6 Å². The Kier molecular flexibility index (Phi) is 14.1. The van der Waals surface area contributed by atoms with Crippen molar-refractivity contribution in [3.63, 3.8) is 0 Å². The first-order chi connectivity index (χ1) is 28.6. The third-order valence-electron chi connectivity index (χ3n) is 10.6. The molecule has 4 atom stereocenters. The van der Waals surface area contributed by atoms with Gasteiger partial charge in [0.2, 0.25) is 0 Å². The maximum atomic E-state index is 12.7. The number of aromatic nitrogens is 2. The van der Waals surface area contributed by atoms with Crippen molar-refractivity contribution in [1.82, 2.24) is 9.97 Å². The molecular formula is C45H44ClN5O8. The van der Waals surface area contributed by atoms with Crippen molar-refractivity contribution in [1.29, 1.82) is 0 Å². The third-order valence-corrected chi connectivity index (χ3v) is 10.9. The average molecular weight is 818 g/mol. The highest BCUT2D eigenvalue weighted by Gasteiger charge is 2.40. The number of hydrogen-bond donors (Lipinski definition) is 0. The Morgan fingerprint density at radius 3 is 1.73 bits per heavy atom. The fourth-order valence-corrected chi connectivity index (χ4v) is 8.02. The highest BCUT2D eigenvalue weighted by atomic mass is 35.5. The van der Waals surface area contributed by atoms with Crippen LogP contribution in [0.25, 0.3) is 21.5 Å². The van der Waals surface area contributed by atoms with Gasteiger partial charge in [0.15, 0.2) is 0 Å². The number of esters is 2. The molecule has 2 aliphatic rings. The van der Waals surface area contributed by atoms with E-state index in [9.17, 15) is 29.8 Å². The number of nitrogens with zero attached hydrogens (tertiary/aromatic N) is 5. The van der Waals surface area contributed by atoms with Crippen molar-refractivity contribution in [3.05, 3.63) is 158 Å². The lowest BCUT2D eigenvalue weighted by Gasteiger charge is -2.25. The summed E-state index contributed by atoms with van der Waals surface area (Å²) < 4.78 is 10.4. The number of anilines is 1. The third kappa shape index (κ3) is 9.98. The van der Waals surface area contributed by atoms with Gasteiger partial charge in [0.05, 0.1) is 39.8 Å². The predicted octanol–water partition coefficient (Wildman–Crippen LogP) is 10.00. The molecule has 59 heavy (non-hydrogen) atoms. The Balaban J connectivity index is 0.000000164. The molecule has 14 heteroatoms. The molecule has 3 heterocycles. The summed E-state index contributed by atoms with van der Waals surface area (Å²) in [5.41, 5.74) is 2.44. The van der Waals surface area contributed by atoms with Crippen LogP contribution in [0.5, 0.6) is 0 Å². The number of pyridine rings is 2. The normalized spacial score (nSPS) is 18.3. The van der Waals surface area contributed by atoms with Gasteiger partial charge in [-0.3, -0.25) is 25.0 Å². The second kappa shape index (κ2) is 19.8. The van der Waals surface area contributed by atoms with E-state index in [1.54, 1.807) is 43.3 Å². The lowest BCUT2D eigenvalue weighted by Crippen LogP contribution is -2.38. The van der Waals surface area contributed by atoms with Crippen LogP contribution in [-0.2, 0) is 19.1 Å². The second-order valence-electron chi connectivity index (χ2n) is 14.1. The van der Waals surface area contributed by atoms with E-state index in [1.807, 2.05) is 48.2 Å². The van der Waals surface area contributed by atoms with E-state index in [-0.39, 0.29) is 40.3 Å². The molecule has 1 saturated heterocycles. The van der Waals surface area contributed by atoms with E-state index in [1.165, 1.54) is 18.0 Å². The summed E-state index contributed by atoms with van der Waals surface area (Å²) in [5.74, 6) is 1.06. The molecule has 0 bridgehead atoms. The minimum atomic E-state index is -0.488. The number of nitro groups is 2. The van der Waals surface area contributed by atoms with Gasteiger partial charge in [0.25, 0.3) is 11.4 Å². The summed E-state index contributed by atoms with van der Waals surface area (Å²) in [4.78, 5) is 55.6. The summed E-state index contributed by atoms with van der Waals surface area (Å²) in [6.45, 7) is 5.02. The number of hydrogen-bond acceptors (Lipinski definition) is 11. The van der Waals surface area contributed by atoms with Crippen LogP contribution in [0.2, 0.25) is 5.15 Å². The Labute approximate surface area is 346 Å². The van der Waals surface area contributed by atoms with Gasteiger partial charge in [-0.1, -0.05) is 109 Å². The zero-order valence-electron chi connectivity index (χ0n) is 32.7. The van der Waals surface area contributed by atoms with Crippen LogP contribution in [0.15, 0.2) is 122 Å². The predicted molar refractivity (Wildman–Crippen MR) is 227 cm³/mol. The van der Waals surface area contributed by atoms with E-state index in [0.717, 1.165) is 24.8 Å². The maximum absolute atomic E-state index is 12.7. The Morgan fingerprint density at radius 1 is 0.661 bits per heavy atom. The first-order valence-corrected chi connectivity index (χ1v) is 19.9. The van der Waals surface area contributed by atoms with Gasteiger partial charge >= 0.3 is 11.9 Å². The maximum Gasteiger partial charge on any atom is 0.328 e. The molecule has 6 aromatic rings. The number of rotatable bonds is 9. The van der Waals surface area contributed by atoms with Gasteiger partial charge < -0.3 is 14.4 Å². The lowest BCUT2D eigenvalue weighted by molar-refractivity contribution is -0.383. The number of ether oxygens (including phenoxy) is 2. The Morgan fingerprint density at radius 2 is 1.15 bits per heavy atom. The van der Waals surface area contributed by atoms with Gasteiger partial charge in [0, 0.05) is 23.2 Å². The van der Waals surface area contributed by atoms with Crippen LogP contribution in [0, 0.1) is 26.1 Å². The molecule has 2 fully saturated rings. The molecule has 0 N–H and O–H groups in total. The van der Waals surface area contributed by atoms with Crippen molar-refractivity contribution < 1.29 is 28.9 Å². The SMILES string of the molecule is CCOC(=O)[C@@H]1C[C@@H](c2ccccc2)CN1c1ncc([N+](=O)[O-])c2ccccc12.CCOC(=O)[C@H]1CC[C@H](c2ccccc2)C1.O=[N+]([O-])c1cnc(Cl)c2ccccc12. The van der Waals surface area contributed by atoms with E-state index < -0.39 is 15.9 Å². The van der Waals surface area contributed by atoms with Gasteiger partial charge in [-0.05, 0) is 68.7 Å². The van der Waals surface area contributed by atoms with E-state index >= 15 is 0 Å². The fraction of sp³-hybridized carbons (Fsp3) is 0.289. The summed E-state index contributed by atoms with van der Waals surface area (Å²) in [5, 5.41) is 24.6. The molecule has 2 aromatic heterocycles. The van der Waals surface area contributed by atoms with Crippen LogP contribution < -0.4 is 4.90 Å². The summed E-state index contributed by atoms with van der Waals surface area (Å²) in [6, 6.07) is 34.0. The monoisotopic (exact) mass is 817 g/mol. The number of carbonyl (C=O) groups is 2. The van der Waals surface area contributed by atoms with Crippen molar-refractivity contribution in [2.75, 3.05) is 24.7 Å². The van der Waals surface area contributed by atoms with E-state index in [4.69, 9.17) is 21.1 Å². The second-order valence-corrected chi connectivity index (χ2v) is 14.5. The smallest absolute Gasteiger partial charge is 0.328 e. The van der Waals surface area contributed by atoms with Crippen LogP contribution in [0.3, 0.4) is 0 Å². The molecule has 4 aromatic carbocycles. The van der Waals surface area contributed by atoms with Crippen molar-refractivity contribution in [3.8, 4) is 0 Å². The number of benzene rings is 4. The van der Waals surface area contributed by atoms with Crippen LogP contribution in [0.1, 0.15) is 62.5 Å². The minimum Gasteiger partial charge on any atom is -0.466 e. The topological polar surface area (TPSA) is 168 Å². The van der Waals surface area contributed by atoms with Gasteiger partial charge in [-0.2, -0.15) is 0 Å². The quantitative estimate of drug-likeness (QED) is 0.0589. The van der Waals surface area contributed by atoms with Crippen molar-refractivity contribution in [2.45, 2.75) is 57.4 Å². The molecule has 0 radical (unpaired) electrons.